The number of nitrogens with zero attached hydrogens (tertiary/aromatic N) is 1. The fourth-order valence-electron chi connectivity index (χ4n) is 0.549. The van der Waals surface area contributed by atoms with Crippen LogP contribution in [0.4, 0.5) is 0 Å². The Morgan fingerprint density at radius 2 is 2.20 bits per heavy atom. The molecule has 0 aliphatic rings. The van der Waals surface area contributed by atoms with Gasteiger partial charge in [-0.2, -0.15) is 0 Å². The Hall–Kier alpha value is -0.410. The summed E-state index contributed by atoms with van der Waals surface area (Å²) in [4.78, 5) is 12.0. The van der Waals surface area contributed by atoms with Gasteiger partial charge in [-0.1, -0.05) is 6.92 Å². The van der Waals surface area contributed by atoms with Crippen LogP contribution in [0.3, 0.4) is 0 Å². The van der Waals surface area contributed by atoms with Gasteiger partial charge in [-0.25, -0.2) is 0 Å². The average Bonchev–Trinajstić information content (AvgIpc) is 1.89. The Kier molecular flexibility index (Phi) is 5.16. The fourth-order valence-corrected chi connectivity index (χ4v) is 0.549. The number of likely N-dealkylation sites (N-methyl/N-ethyl adjacent to an activating group) is 1. The van der Waals surface area contributed by atoms with Gasteiger partial charge < -0.3 is 4.74 Å². The highest BCUT2D eigenvalue weighted by Gasteiger charge is 2.07. The second-order valence-corrected chi connectivity index (χ2v) is 2.36. The number of hydrogen-bond donors (Lipinski definition) is 0. The summed E-state index contributed by atoms with van der Waals surface area (Å²) in [5, 5.41) is 0. The van der Waals surface area contributed by atoms with Crippen molar-refractivity contribution in [3.8, 4) is 0 Å². The largest absolute Gasteiger partial charge is 0.356 e. The molecule has 0 saturated carbocycles. The summed E-state index contributed by atoms with van der Waals surface area (Å²) in [6.07, 6.45) is 1.37. The van der Waals surface area contributed by atoms with Crippen LogP contribution in [-0.4, -0.2) is 38.1 Å². The van der Waals surface area contributed by atoms with Crippen LogP contribution in [0.5, 0.6) is 0 Å². The highest BCUT2D eigenvalue weighted by molar-refractivity contribution is 5.55. The minimum Gasteiger partial charge on any atom is -0.356 e. The van der Waals surface area contributed by atoms with Crippen LogP contribution < -0.4 is 0 Å². The van der Waals surface area contributed by atoms with E-state index in [4.69, 9.17) is 4.74 Å². The van der Waals surface area contributed by atoms with Crippen molar-refractivity contribution < 1.29 is 9.53 Å². The van der Waals surface area contributed by atoms with Crippen molar-refractivity contribution in [2.45, 2.75) is 19.6 Å². The molecule has 1 unspecified atom stereocenters. The number of hydrogen-bond acceptors (Lipinski definition) is 3. The van der Waals surface area contributed by atoms with Crippen molar-refractivity contribution in [1.82, 2.24) is 4.90 Å². The molecule has 0 N–H and O–H groups in total. The van der Waals surface area contributed by atoms with Crippen LogP contribution in [-0.2, 0) is 9.53 Å². The Morgan fingerprint density at radius 3 is 2.50 bits per heavy atom. The van der Waals surface area contributed by atoms with Crippen molar-refractivity contribution in [2.75, 3.05) is 20.7 Å². The van der Waals surface area contributed by atoms with Gasteiger partial charge in [0.15, 0.2) is 12.5 Å². The first-order valence-corrected chi connectivity index (χ1v) is 3.45. The third-order valence-corrected chi connectivity index (χ3v) is 1.12. The third kappa shape index (κ3) is 3.58. The van der Waals surface area contributed by atoms with E-state index in [1.807, 2.05) is 21.0 Å². The first kappa shape index (κ1) is 9.59. The molecule has 0 aliphatic heterocycles. The molecule has 60 valence electrons. The molecular weight excluding hydrogens is 130 g/mol. The predicted octanol–water partition coefficient (Wildman–Crippen LogP) is 0.500. The molecule has 0 saturated heterocycles. The summed E-state index contributed by atoms with van der Waals surface area (Å²) in [5.41, 5.74) is 0. The number of carbonyl (C=O) groups is 1. The molecule has 0 aliphatic carbocycles. The monoisotopic (exact) mass is 145 g/mol. The third-order valence-electron chi connectivity index (χ3n) is 1.12. The van der Waals surface area contributed by atoms with Crippen molar-refractivity contribution in [1.29, 1.82) is 0 Å². The van der Waals surface area contributed by atoms with Gasteiger partial charge in [0, 0.05) is 6.61 Å². The van der Waals surface area contributed by atoms with Gasteiger partial charge >= 0.3 is 0 Å². The van der Waals surface area contributed by atoms with Crippen LogP contribution in [0.25, 0.3) is 0 Å². The second kappa shape index (κ2) is 5.38. The van der Waals surface area contributed by atoms with E-state index in [-0.39, 0.29) is 6.23 Å². The van der Waals surface area contributed by atoms with Gasteiger partial charge in [-0.15, -0.1) is 0 Å². The summed E-state index contributed by atoms with van der Waals surface area (Å²) in [6.45, 7) is 2.65. The van der Waals surface area contributed by atoms with E-state index in [0.717, 1.165) is 12.7 Å². The first-order chi connectivity index (χ1) is 4.72. The lowest BCUT2D eigenvalue weighted by atomic mass is 10.5. The summed E-state index contributed by atoms with van der Waals surface area (Å²) in [7, 11) is 3.63. The molecule has 0 rings (SSSR count). The van der Waals surface area contributed by atoms with Crippen molar-refractivity contribution in [3.05, 3.63) is 0 Å². The number of aldehydes is 1. The summed E-state index contributed by atoms with van der Waals surface area (Å²) in [5.74, 6) is 0. The van der Waals surface area contributed by atoms with Crippen LogP contribution >= 0.6 is 0 Å². The van der Waals surface area contributed by atoms with E-state index in [1.165, 1.54) is 0 Å². The normalized spacial score (nSPS) is 13.6. The molecule has 0 fully saturated rings. The van der Waals surface area contributed by atoms with Crippen molar-refractivity contribution in [3.63, 3.8) is 0 Å². The molecule has 0 radical (unpaired) electrons. The Labute approximate surface area is 62.0 Å². The number of rotatable bonds is 5. The highest BCUT2D eigenvalue weighted by Crippen LogP contribution is 1.92. The maximum atomic E-state index is 10.3. The Bertz CT molecular complexity index is 93.6. The maximum Gasteiger partial charge on any atom is 0.166 e. The van der Waals surface area contributed by atoms with Gasteiger partial charge in [-0.05, 0) is 20.5 Å². The smallest absolute Gasteiger partial charge is 0.166 e. The molecular formula is C7H15NO2. The first-order valence-electron chi connectivity index (χ1n) is 3.45. The minimum atomic E-state index is -0.375. The lowest BCUT2D eigenvalue weighted by molar-refractivity contribution is -0.127. The molecule has 3 nitrogen and oxygen atoms in total. The zero-order valence-corrected chi connectivity index (χ0v) is 6.83. The molecule has 0 aromatic carbocycles. The molecule has 0 spiro atoms. The van der Waals surface area contributed by atoms with Gasteiger partial charge in [0.2, 0.25) is 0 Å². The SMILES string of the molecule is CCCOC(C=O)N(C)C. The van der Waals surface area contributed by atoms with E-state index < -0.39 is 0 Å². The van der Waals surface area contributed by atoms with E-state index in [0.29, 0.717) is 6.61 Å². The molecule has 0 aromatic heterocycles. The van der Waals surface area contributed by atoms with Crippen LogP contribution in [0.2, 0.25) is 0 Å². The zero-order valence-electron chi connectivity index (χ0n) is 6.83. The molecule has 0 amide bonds. The average molecular weight is 145 g/mol. The van der Waals surface area contributed by atoms with E-state index in [1.54, 1.807) is 4.90 Å². The zero-order chi connectivity index (χ0) is 7.98. The van der Waals surface area contributed by atoms with Gasteiger partial charge in [0.05, 0.1) is 0 Å². The Balaban J connectivity index is 3.50. The lowest BCUT2D eigenvalue weighted by Crippen LogP contribution is -2.32. The second-order valence-electron chi connectivity index (χ2n) is 2.36. The van der Waals surface area contributed by atoms with Crippen LogP contribution in [0, 0.1) is 0 Å². The highest BCUT2D eigenvalue weighted by atomic mass is 16.5. The maximum absolute atomic E-state index is 10.3. The molecule has 10 heavy (non-hydrogen) atoms. The standard InChI is InChI=1S/C7H15NO2/c1-4-5-10-7(6-9)8(2)3/h6-7H,4-5H2,1-3H3. The van der Waals surface area contributed by atoms with Crippen LogP contribution in [0.15, 0.2) is 0 Å². The quantitative estimate of drug-likeness (QED) is 0.417. The van der Waals surface area contributed by atoms with Crippen molar-refractivity contribution in [2.24, 2.45) is 0 Å². The van der Waals surface area contributed by atoms with E-state index in [2.05, 4.69) is 0 Å². The van der Waals surface area contributed by atoms with Gasteiger partial charge in [0.25, 0.3) is 0 Å². The fraction of sp³-hybridized carbons (Fsp3) is 0.857. The number of carbonyl (C=O) groups excluding carboxylic acids is 1. The van der Waals surface area contributed by atoms with Crippen molar-refractivity contribution >= 4 is 6.29 Å². The van der Waals surface area contributed by atoms with Gasteiger partial charge in [0.1, 0.15) is 0 Å². The number of ether oxygens (including phenoxy) is 1. The Morgan fingerprint density at radius 1 is 1.60 bits per heavy atom. The van der Waals surface area contributed by atoms with E-state index >= 15 is 0 Å². The molecule has 1 atom stereocenters. The molecule has 0 bridgehead atoms. The molecule has 3 heteroatoms. The summed E-state index contributed by atoms with van der Waals surface area (Å²) >= 11 is 0. The predicted molar refractivity (Wildman–Crippen MR) is 39.8 cm³/mol. The lowest BCUT2D eigenvalue weighted by Gasteiger charge is -2.17. The summed E-state index contributed by atoms with van der Waals surface area (Å²) < 4.78 is 5.16. The topological polar surface area (TPSA) is 29.5 Å². The van der Waals surface area contributed by atoms with E-state index in [9.17, 15) is 4.79 Å². The van der Waals surface area contributed by atoms with Gasteiger partial charge in [-0.3, -0.25) is 9.69 Å². The minimum absolute atomic E-state index is 0.375. The summed E-state index contributed by atoms with van der Waals surface area (Å²) in [6, 6.07) is 0. The molecule has 0 heterocycles. The van der Waals surface area contributed by atoms with Crippen LogP contribution in [0.1, 0.15) is 13.3 Å². The molecule has 0 aromatic rings.